The molecule has 0 atom stereocenters. The molecule has 1 aliphatic carbocycles. The summed E-state index contributed by atoms with van der Waals surface area (Å²) in [4.78, 5) is 9.53. The fourth-order valence-electron chi connectivity index (χ4n) is 4.34. The van der Waals surface area contributed by atoms with Gasteiger partial charge in [-0.2, -0.15) is 0 Å². The highest BCUT2D eigenvalue weighted by atomic mass is 35.5. The smallest absolute Gasteiger partial charge is 0.216 e. The Morgan fingerprint density at radius 3 is 2.27 bits per heavy atom. The Labute approximate surface area is 184 Å². The van der Waals surface area contributed by atoms with Crippen molar-refractivity contribution in [3.8, 4) is 0 Å². The van der Waals surface area contributed by atoms with Gasteiger partial charge in [0.05, 0.1) is 5.75 Å². The quantitative estimate of drug-likeness (QED) is 0.703. The van der Waals surface area contributed by atoms with Crippen LogP contribution >= 0.6 is 11.6 Å². The van der Waals surface area contributed by atoms with Crippen molar-refractivity contribution >= 4 is 27.4 Å². The number of nitrogens with one attached hydrogen (secondary N) is 1. The zero-order chi connectivity index (χ0) is 21.0. The van der Waals surface area contributed by atoms with E-state index < -0.39 is 10.0 Å². The SMILES string of the molecule is O=S(=O)(Cc1ccc(Cl)cc1)NCc1ccc(N2CCN(C3CCCC3)CC2)nc1. The highest BCUT2D eigenvalue weighted by molar-refractivity contribution is 7.88. The van der Waals surface area contributed by atoms with Crippen LogP contribution in [0.5, 0.6) is 0 Å². The number of aromatic nitrogens is 1. The van der Waals surface area contributed by atoms with E-state index in [9.17, 15) is 8.42 Å². The molecule has 1 aliphatic heterocycles. The summed E-state index contributed by atoms with van der Waals surface area (Å²) in [5, 5.41) is 0.593. The van der Waals surface area contributed by atoms with Crippen LogP contribution in [0.1, 0.15) is 36.8 Å². The molecule has 1 aromatic carbocycles. The summed E-state index contributed by atoms with van der Waals surface area (Å²) in [6.45, 7) is 4.42. The summed E-state index contributed by atoms with van der Waals surface area (Å²) in [5.74, 6) is 0.898. The molecular formula is C22H29ClN4O2S. The molecule has 2 aliphatic rings. The molecule has 0 amide bonds. The maximum Gasteiger partial charge on any atom is 0.216 e. The molecular weight excluding hydrogens is 420 g/mol. The molecule has 2 heterocycles. The Kier molecular flexibility index (Phi) is 6.93. The lowest BCUT2D eigenvalue weighted by Crippen LogP contribution is -2.50. The topological polar surface area (TPSA) is 65.5 Å². The number of rotatable bonds is 7. The highest BCUT2D eigenvalue weighted by Gasteiger charge is 2.26. The van der Waals surface area contributed by atoms with Gasteiger partial charge >= 0.3 is 0 Å². The molecule has 0 radical (unpaired) electrons. The van der Waals surface area contributed by atoms with Crippen molar-refractivity contribution < 1.29 is 8.42 Å². The molecule has 2 fully saturated rings. The van der Waals surface area contributed by atoms with Crippen molar-refractivity contribution in [2.24, 2.45) is 0 Å². The number of anilines is 1. The minimum atomic E-state index is -3.43. The van der Waals surface area contributed by atoms with E-state index in [2.05, 4.69) is 19.5 Å². The zero-order valence-electron chi connectivity index (χ0n) is 17.1. The number of hydrogen-bond acceptors (Lipinski definition) is 5. The summed E-state index contributed by atoms with van der Waals surface area (Å²) in [7, 11) is -3.43. The van der Waals surface area contributed by atoms with Gasteiger partial charge in [0.1, 0.15) is 5.82 Å². The van der Waals surface area contributed by atoms with Gasteiger partial charge in [-0.3, -0.25) is 4.90 Å². The first-order valence-corrected chi connectivity index (χ1v) is 12.7. The van der Waals surface area contributed by atoms with E-state index >= 15 is 0 Å². The van der Waals surface area contributed by atoms with Crippen LogP contribution in [-0.4, -0.2) is 50.5 Å². The number of nitrogens with zero attached hydrogens (tertiary/aromatic N) is 3. The lowest BCUT2D eigenvalue weighted by molar-refractivity contribution is 0.187. The third-order valence-corrected chi connectivity index (χ3v) is 7.60. The van der Waals surface area contributed by atoms with Crippen LogP contribution in [0.25, 0.3) is 0 Å². The summed E-state index contributed by atoms with van der Waals surface area (Å²) in [5.41, 5.74) is 1.56. The number of halogens is 1. The van der Waals surface area contributed by atoms with Crippen LogP contribution in [0.15, 0.2) is 42.6 Å². The van der Waals surface area contributed by atoms with E-state index in [1.54, 1.807) is 30.5 Å². The normalized spacial score (nSPS) is 18.8. The summed E-state index contributed by atoms with van der Waals surface area (Å²) in [6, 6.07) is 11.6. The van der Waals surface area contributed by atoms with E-state index in [4.69, 9.17) is 11.6 Å². The number of pyridine rings is 1. The van der Waals surface area contributed by atoms with Crippen LogP contribution in [-0.2, 0) is 22.3 Å². The van der Waals surface area contributed by atoms with Crippen LogP contribution in [0.3, 0.4) is 0 Å². The summed E-state index contributed by atoms with van der Waals surface area (Å²) >= 11 is 5.85. The second-order valence-corrected chi connectivity index (χ2v) is 10.4. The summed E-state index contributed by atoms with van der Waals surface area (Å²) < 4.78 is 27.3. The van der Waals surface area contributed by atoms with Gasteiger partial charge in [0.2, 0.25) is 10.0 Å². The second-order valence-electron chi connectivity index (χ2n) is 8.19. The predicted molar refractivity (Wildman–Crippen MR) is 121 cm³/mol. The number of sulfonamides is 1. The molecule has 1 N–H and O–H groups in total. The monoisotopic (exact) mass is 448 g/mol. The molecule has 2 aromatic rings. The Morgan fingerprint density at radius 2 is 1.63 bits per heavy atom. The Hall–Kier alpha value is -1.67. The van der Waals surface area contributed by atoms with Crippen molar-refractivity contribution in [2.45, 2.75) is 44.0 Å². The third kappa shape index (κ3) is 5.72. The van der Waals surface area contributed by atoms with Gasteiger partial charge < -0.3 is 4.90 Å². The van der Waals surface area contributed by atoms with Gasteiger partial charge in [-0.15, -0.1) is 0 Å². The Bertz CT molecular complexity index is 921. The maximum atomic E-state index is 12.3. The molecule has 1 saturated heterocycles. The lowest BCUT2D eigenvalue weighted by Gasteiger charge is -2.38. The van der Waals surface area contributed by atoms with Crippen molar-refractivity contribution in [3.63, 3.8) is 0 Å². The molecule has 6 nitrogen and oxygen atoms in total. The van der Waals surface area contributed by atoms with Gasteiger partial charge in [-0.25, -0.2) is 18.1 Å². The molecule has 1 aromatic heterocycles. The zero-order valence-corrected chi connectivity index (χ0v) is 18.7. The fraction of sp³-hybridized carbons (Fsp3) is 0.500. The van der Waals surface area contributed by atoms with Crippen LogP contribution in [0.4, 0.5) is 5.82 Å². The molecule has 0 spiro atoms. The summed E-state index contributed by atoms with van der Waals surface area (Å²) in [6.07, 6.45) is 7.21. The highest BCUT2D eigenvalue weighted by Crippen LogP contribution is 2.25. The van der Waals surface area contributed by atoms with Gasteiger partial charge in [-0.05, 0) is 42.2 Å². The Morgan fingerprint density at radius 1 is 0.967 bits per heavy atom. The molecule has 162 valence electrons. The largest absolute Gasteiger partial charge is 0.354 e. The molecule has 4 rings (SSSR count). The van der Waals surface area contributed by atoms with E-state index in [0.29, 0.717) is 10.6 Å². The molecule has 30 heavy (non-hydrogen) atoms. The van der Waals surface area contributed by atoms with Crippen molar-refractivity contribution in [2.75, 3.05) is 31.1 Å². The fourth-order valence-corrected chi connectivity index (χ4v) is 5.58. The second kappa shape index (κ2) is 9.64. The minimum absolute atomic E-state index is 0.0685. The van der Waals surface area contributed by atoms with Crippen molar-refractivity contribution in [3.05, 3.63) is 58.7 Å². The number of benzene rings is 1. The van der Waals surface area contributed by atoms with Gasteiger partial charge in [0, 0.05) is 50.0 Å². The van der Waals surface area contributed by atoms with Crippen LogP contribution in [0, 0.1) is 0 Å². The molecule has 0 unspecified atom stereocenters. The lowest BCUT2D eigenvalue weighted by atomic mass is 10.2. The van der Waals surface area contributed by atoms with Gasteiger partial charge in [0.25, 0.3) is 0 Å². The van der Waals surface area contributed by atoms with Crippen molar-refractivity contribution in [1.82, 2.24) is 14.6 Å². The average Bonchev–Trinajstić information content (AvgIpc) is 3.29. The maximum absolute atomic E-state index is 12.3. The van der Waals surface area contributed by atoms with Gasteiger partial charge in [-0.1, -0.05) is 42.6 Å². The van der Waals surface area contributed by atoms with Crippen molar-refractivity contribution in [1.29, 1.82) is 0 Å². The predicted octanol–water partition coefficient (Wildman–Crippen LogP) is 3.42. The van der Waals surface area contributed by atoms with E-state index in [0.717, 1.165) is 43.6 Å². The first-order chi connectivity index (χ1) is 14.5. The molecule has 0 bridgehead atoms. The van der Waals surface area contributed by atoms with E-state index in [1.165, 1.54) is 25.7 Å². The number of hydrogen-bond donors (Lipinski definition) is 1. The standard InChI is InChI=1S/C22H29ClN4O2S/c23-20-8-5-18(6-9-20)17-30(28,29)25-16-19-7-10-22(24-15-19)27-13-11-26(12-14-27)21-3-1-2-4-21/h5-10,15,21,25H,1-4,11-14,16-17H2. The van der Waals surface area contributed by atoms with Gasteiger partial charge in [0.15, 0.2) is 0 Å². The van der Waals surface area contributed by atoms with Crippen LogP contribution in [0.2, 0.25) is 5.02 Å². The van der Waals surface area contributed by atoms with E-state index in [-0.39, 0.29) is 12.3 Å². The third-order valence-electron chi connectivity index (χ3n) is 6.05. The average molecular weight is 449 g/mol. The Balaban J connectivity index is 1.27. The molecule has 1 saturated carbocycles. The van der Waals surface area contributed by atoms with E-state index in [1.807, 2.05) is 12.1 Å². The first kappa shape index (κ1) is 21.6. The first-order valence-electron chi connectivity index (χ1n) is 10.6. The number of piperazine rings is 1. The molecule has 8 heteroatoms. The minimum Gasteiger partial charge on any atom is -0.354 e. The van der Waals surface area contributed by atoms with Crippen LogP contribution < -0.4 is 9.62 Å².